The van der Waals surface area contributed by atoms with Gasteiger partial charge in [-0.25, -0.2) is 4.79 Å². The summed E-state index contributed by atoms with van der Waals surface area (Å²) >= 11 is 0. The average molecular weight is 275 g/mol. The molecule has 1 aromatic rings. The smallest absolute Gasteiger partial charge is 0.335 e. The lowest BCUT2D eigenvalue weighted by atomic mass is 9.86. The normalized spacial score (nSPS) is 22.2. The first-order valence-corrected chi connectivity index (χ1v) is 7.18. The molecule has 4 heteroatoms. The first kappa shape index (κ1) is 14.6. The minimum absolute atomic E-state index is 0.0220. The maximum atomic E-state index is 12.0. The van der Waals surface area contributed by atoms with Crippen molar-refractivity contribution in [3.05, 3.63) is 35.4 Å². The van der Waals surface area contributed by atoms with Gasteiger partial charge in [0, 0.05) is 6.04 Å². The topological polar surface area (TPSA) is 66.4 Å². The summed E-state index contributed by atoms with van der Waals surface area (Å²) in [5, 5.41) is 12.0. The summed E-state index contributed by atoms with van der Waals surface area (Å²) in [6, 6.07) is 6.82. The molecule has 1 aliphatic carbocycles. The third kappa shape index (κ3) is 3.83. The van der Waals surface area contributed by atoms with Gasteiger partial charge in [0.2, 0.25) is 5.91 Å². The third-order valence-electron chi connectivity index (χ3n) is 4.00. The van der Waals surface area contributed by atoms with E-state index in [1.165, 1.54) is 25.3 Å². The summed E-state index contributed by atoms with van der Waals surface area (Å²) in [6.07, 6.45) is 4.86. The molecule has 0 aliphatic heterocycles. The summed E-state index contributed by atoms with van der Waals surface area (Å²) in [5.41, 5.74) is 0.965. The summed E-state index contributed by atoms with van der Waals surface area (Å²) < 4.78 is 0. The maximum absolute atomic E-state index is 12.0. The van der Waals surface area contributed by atoms with Crippen molar-refractivity contribution in [2.24, 2.45) is 5.92 Å². The highest BCUT2D eigenvalue weighted by molar-refractivity contribution is 5.88. The molecule has 0 heterocycles. The van der Waals surface area contributed by atoms with E-state index in [0.717, 1.165) is 12.0 Å². The Bertz CT molecular complexity index is 498. The van der Waals surface area contributed by atoms with E-state index >= 15 is 0 Å². The number of aromatic carboxylic acids is 1. The lowest BCUT2D eigenvalue weighted by Gasteiger charge is -2.29. The van der Waals surface area contributed by atoms with Gasteiger partial charge >= 0.3 is 5.97 Å². The highest BCUT2D eigenvalue weighted by atomic mass is 16.4. The zero-order valence-corrected chi connectivity index (χ0v) is 11.8. The van der Waals surface area contributed by atoms with Crippen LogP contribution in [0.25, 0.3) is 0 Å². The lowest BCUT2D eigenvalue weighted by Crippen LogP contribution is -2.41. The largest absolute Gasteiger partial charge is 0.478 e. The Kier molecular flexibility index (Phi) is 4.77. The number of hydrogen-bond acceptors (Lipinski definition) is 2. The molecule has 4 nitrogen and oxygen atoms in total. The minimum Gasteiger partial charge on any atom is -0.478 e. The maximum Gasteiger partial charge on any atom is 0.335 e. The van der Waals surface area contributed by atoms with Crippen molar-refractivity contribution in [3.8, 4) is 0 Å². The summed E-state index contributed by atoms with van der Waals surface area (Å²) in [5.74, 6) is -0.461. The van der Waals surface area contributed by atoms with E-state index in [2.05, 4.69) is 12.2 Å². The van der Waals surface area contributed by atoms with Gasteiger partial charge in [-0.3, -0.25) is 4.79 Å². The average Bonchev–Trinajstić information content (AvgIpc) is 2.41. The molecular formula is C16H21NO3. The summed E-state index contributed by atoms with van der Waals surface area (Å²) in [4.78, 5) is 22.9. The molecular weight excluding hydrogens is 254 g/mol. The predicted molar refractivity (Wildman–Crippen MR) is 76.7 cm³/mol. The zero-order chi connectivity index (χ0) is 14.5. The molecule has 2 N–H and O–H groups in total. The molecule has 0 spiro atoms. The number of carbonyl (C=O) groups excluding carboxylic acids is 1. The van der Waals surface area contributed by atoms with Gasteiger partial charge in [0.25, 0.3) is 0 Å². The van der Waals surface area contributed by atoms with Crippen LogP contribution in [0.5, 0.6) is 0 Å². The van der Waals surface area contributed by atoms with Crippen LogP contribution in [-0.4, -0.2) is 23.0 Å². The van der Waals surface area contributed by atoms with E-state index in [-0.39, 0.29) is 23.9 Å². The van der Waals surface area contributed by atoms with Crippen LogP contribution in [0.2, 0.25) is 0 Å². The molecule has 108 valence electrons. The third-order valence-corrected chi connectivity index (χ3v) is 4.00. The van der Waals surface area contributed by atoms with Crippen LogP contribution in [0.3, 0.4) is 0 Å². The van der Waals surface area contributed by atoms with Gasteiger partial charge in [0.05, 0.1) is 12.0 Å². The molecule has 1 aromatic carbocycles. The van der Waals surface area contributed by atoms with Gasteiger partial charge in [0.15, 0.2) is 0 Å². The molecule has 0 aromatic heterocycles. The molecule has 0 saturated heterocycles. The van der Waals surface area contributed by atoms with E-state index in [4.69, 9.17) is 5.11 Å². The molecule has 0 bridgehead atoms. The van der Waals surface area contributed by atoms with Gasteiger partial charge in [-0.05, 0) is 36.5 Å². The Morgan fingerprint density at radius 3 is 2.75 bits per heavy atom. The van der Waals surface area contributed by atoms with Crippen LogP contribution in [-0.2, 0) is 11.2 Å². The fourth-order valence-corrected chi connectivity index (χ4v) is 2.79. The Labute approximate surface area is 119 Å². The standard InChI is InChI=1S/C16H21NO3/c1-11-5-2-3-8-14(11)17-15(18)10-12-6-4-7-13(9-12)16(19)20/h4,6-7,9,11,14H,2-3,5,8,10H2,1H3,(H,17,18)(H,19,20). The van der Waals surface area contributed by atoms with Gasteiger partial charge in [-0.1, -0.05) is 31.9 Å². The van der Waals surface area contributed by atoms with E-state index in [1.54, 1.807) is 18.2 Å². The van der Waals surface area contributed by atoms with Gasteiger partial charge in [0.1, 0.15) is 0 Å². The van der Waals surface area contributed by atoms with Gasteiger partial charge < -0.3 is 10.4 Å². The SMILES string of the molecule is CC1CCCCC1NC(=O)Cc1cccc(C(=O)O)c1. The highest BCUT2D eigenvalue weighted by Crippen LogP contribution is 2.23. The number of carboxylic acid groups (broad SMARTS) is 1. The van der Waals surface area contributed by atoms with E-state index in [9.17, 15) is 9.59 Å². The number of amides is 1. The van der Waals surface area contributed by atoms with E-state index < -0.39 is 5.97 Å². The van der Waals surface area contributed by atoms with E-state index in [0.29, 0.717) is 5.92 Å². The molecule has 2 rings (SSSR count). The van der Waals surface area contributed by atoms with Crippen LogP contribution in [0, 0.1) is 5.92 Å². The first-order valence-electron chi connectivity index (χ1n) is 7.18. The number of carboxylic acids is 1. The molecule has 2 atom stereocenters. The molecule has 1 aliphatic rings. The van der Waals surface area contributed by atoms with Gasteiger partial charge in [-0.2, -0.15) is 0 Å². The van der Waals surface area contributed by atoms with Crippen molar-refractivity contribution in [2.75, 3.05) is 0 Å². The monoisotopic (exact) mass is 275 g/mol. The molecule has 0 radical (unpaired) electrons. The van der Waals surface area contributed by atoms with Crippen molar-refractivity contribution in [1.29, 1.82) is 0 Å². The fourth-order valence-electron chi connectivity index (χ4n) is 2.79. The second-order valence-electron chi connectivity index (χ2n) is 5.62. The number of hydrogen-bond donors (Lipinski definition) is 2. The Balaban J connectivity index is 1.94. The number of nitrogens with one attached hydrogen (secondary N) is 1. The molecule has 1 saturated carbocycles. The van der Waals surface area contributed by atoms with Gasteiger partial charge in [-0.15, -0.1) is 0 Å². The second kappa shape index (κ2) is 6.55. The molecule has 2 unspecified atom stereocenters. The van der Waals surface area contributed by atoms with Crippen LogP contribution in [0.15, 0.2) is 24.3 Å². The predicted octanol–water partition coefficient (Wildman–Crippen LogP) is 2.62. The van der Waals surface area contributed by atoms with Crippen molar-refractivity contribution in [2.45, 2.75) is 45.1 Å². The zero-order valence-electron chi connectivity index (χ0n) is 11.8. The van der Waals surface area contributed by atoms with E-state index in [1.807, 2.05) is 0 Å². The molecule has 1 amide bonds. The van der Waals surface area contributed by atoms with Crippen LogP contribution >= 0.6 is 0 Å². The molecule has 1 fully saturated rings. The Hall–Kier alpha value is -1.84. The highest BCUT2D eigenvalue weighted by Gasteiger charge is 2.22. The summed E-state index contributed by atoms with van der Waals surface area (Å²) in [7, 11) is 0. The summed E-state index contributed by atoms with van der Waals surface area (Å²) in [6.45, 7) is 2.18. The number of carbonyl (C=O) groups is 2. The lowest BCUT2D eigenvalue weighted by molar-refractivity contribution is -0.121. The van der Waals surface area contributed by atoms with Crippen molar-refractivity contribution < 1.29 is 14.7 Å². The minimum atomic E-state index is -0.965. The number of benzene rings is 1. The Morgan fingerprint density at radius 2 is 2.05 bits per heavy atom. The van der Waals surface area contributed by atoms with Crippen molar-refractivity contribution >= 4 is 11.9 Å². The van der Waals surface area contributed by atoms with Crippen LogP contribution in [0.4, 0.5) is 0 Å². The van der Waals surface area contributed by atoms with Crippen LogP contribution in [0.1, 0.15) is 48.5 Å². The van der Waals surface area contributed by atoms with Crippen LogP contribution < -0.4 is 5.32 Å². The van der Waals surface area contributed by atoms with Crippen molar-refractivity contribution in [3.63, 3.8) is 0 Å². The fraction of sp³-hybridized carbons (Fsp3) is 0.500. The number of rotatable bonds is 4. The first-order chi connectivity index (χ1) is 9.56. The quantitative estimate of drug-likeness (QED) is 0.887. The molecule has 20 heavy (non-hydrogen) atoms. The Morgan fingerprint density at radius 1 is 1.30 bits per heavy atom. The second-order valence-corrected chi connectivity index (χ2v) is 5.62. The van der Waals surface area contributed by atoms with Crippen molar-refractivity contribution in [1.82, 2.24) is 5.32 Å².